The van der Waals surface area contributed by atoms with Gasteiger partial charge < -0.3 is 4.90 Å². The molecule has 1 atom stereocenters. The number of hydrogen-bond donors (Lipinski definition) is 0. The summed E-state index contributed by atoms with van der Waals surface area (Å²) < 4.78 is 0. The van der Waals surface area contributed by atoms with Gasteiger partial charge in [-0.15, -0.1) is 0 Å². The molecular formula is C19H22BN. The molecule has 1 fully saturated rings. The van der Waals surface area contributed by atoms with E-state index in [9.17, 15) is 0 Å². The molecule has 0 aromatic heterocycles. The molecule has 0 bridgehead atoms. The van der Waals surface area contributed by atoms with Gasteiger partial charge in [-0.25, -0.2) is 0 Å². The Kier molecular flexibility index (Phi) is 3.35. The molecule has 2 aromatic carbocycles. The third-order valence-electron chi connectivity index (χ3n) is 5.29. The molecule has 106 valence electrons. The molecule has 0 N–H and O–H groups in total. The zero-order valence-electron chi connectivity index (χ0n) is 12.8. The molecule has 2 heterocycles. The molecule has 0 spiro atoms. The summed E-state index contributed by atoms with van der Waals surface area (Å²) in [6.45, 7) is 2.49. The summed E-state index contributed by atoms with van der Waals surface area (Å²) in [5.74, 6) is 1.35. The van der Waals surface area contributed by atoms with Crippen LogP contribution in [0.1, 0.15) is 29.9 Å². The van der Waals surface area contributed by atoms with Gasteiger partial charge in [0, 0.05) is 12.5 Å². The van der Waals surface area contributed by atoms with E-state index in [0.717, 1.165) is 13.2 Å². The molecule has 1 saturated heterocycles. The van der Waals surface area contributed by atoms with Crippen molar-refractivity contribution < 1.29 is 0 Å². The Labute approximate surface area is 128 Å². The van der Waals surface area contributed by atoms with Gasteiger partial charge in [-0.1, -0.05) is 59.5 Å². The van der Waals surface area contributed by atoms with E-state index in [0.29, 0.717) is 5.92 Å². The van der Waals surface area contributed by atoms with Crippen LogP contribution in [0, 0.1) is 5.92 Å². The van der Waals surface area contributed by atoms with Crippen LogP contribution in [0.5, 0.6) is 0 Å². The maximum Gasteiger partial charge on any atom is 0.193 e. The maximum absolute atomic E-state index is 2.51. The lowest BCUT2D eigenvalue weighted by atomic mass is 9.52. The van der Waals surface area contributed by atoms with Gasteiger partial charge in [-0.3, -0.25) is 0 Å². The van der Waals surface area contributed by atoms with E-state index in [1.165, 1.54) is 36.9 Å². The van der Waals surface area contributed by atoms with Crippen molar-refractivity contribution in [3.05, 3.63) is 59.7 Å². The monoisotopic (exact) mass is 275 g/mol. The highest BCUT2D eigenvalue weighted by atomic mass is 15.1. The summed E-state index contributed by atoms with van der Waals surface area (Å²) in [5.41, 5.74) is 6.23. The standard InChI is InChI=1S/C19H22BN/c1-21-12-6-7-14(13-21)19-15-8-2-4-10-17(15)20-18-11-5-3-9-16(18)19/h2-5,8-11,14,19-20H,6-7,12-13H2,1H3/t14-/m1/s1. The van der Waals surface area contributed by atoms with Crippen molar-refractivity contribution in [2.75, 3.05) is 20.1 Å². The first-order chi connectivity index (χ1) is 10.3. The molecule has 1 nitrogen and oxygen atoms in total. The van der Waals surface area contributed by atoms with Gasteiger partial charge in [-0.2, -0.15) is 0 Å². The van der Waals surface area contributed by atoms with Crippen molar-refractivity contribution in [3.8, 4) is 0 Å². The van der Waals surface area contributed by atoms with Crippen molar-refractivity contribution in [3.63, 3.8) is 0 Å². The Balaban J connectivity index is 1.81. The Hall–Kier alpha value is -1.54. The molecule has 0 saturated carbocycles. The fourth-order valence-electron chi connectivity index (χ4n) is 4.36. The number of nitrogens with zero attached hydrogens (tertiary/aromatic N) is 1. The molecule has 2 heteroatoms. The van der Waals surface area contributed by atoms with Crippen LogP contribution in [-0.2, 0) is 0 Å². The Morgan fingerprint density at radius 3 is 2.19 bits per heavy atom. The number of rotatable bonds is 1. The van der Waals surface area contributed by atoms with Crippen LogP contribution < -0.4 is 10.9 Å². The Morgan fingerprint density at radius 2 is 1.57 bits per heavy atom. The fraction of sp³-hybridized carbons (Fsp3) is 0.368. The molecule has 21 heavy (non-hydrogen) atoms. The van der Waals surface area contributed by atoms with E-state index in [-0.39, 0.29) is 0 Å². The molecule has 4 rings (SSSR count). The topological polar surface area (TPSA) is 3.24 Å². The second kappa shape index (κ2) is 5.34. The average Bonchev–Trinajstić information content (AvgIpc) is 2.52. The van der Waals surface area contributed by atoms with Gasteiger partial charge in [0.15, 0.2) is 7.28 Å². The highest BCUT2D eigenvalue weighted by molar-refractivity contribution is 6.69. The third-order valence-corrected chi connectivity index (χ3v) is 5.29. The Morgan fingerprint density at radius 1 is 0.952 bits per heavy atom. The van der Waals surface area contributed by atoms with Crippen molar-refractivity contribution >= 4 is 18.2 Å². The number of benzene rings is 2. The SMILES string of the molecule is CN1CCC[C@@H](C2c3ccccc3Bc3ccccc32)C1. The molecule has 0 unspecified atom stereocenters. The largest absolute Gasteiger partial charge is 0.306 e. The molecule has 2 aromatic rings. The molecule has 2 aliphatic heterocycles. The van der Waals surface area contributed by atoms with Gasteiger partial charge >= 0.3 is 0 Å². The van der Waals surface area contributed by atoms with Gasteiger partial charge in [0.25, 0.3) is 0 Å². The number of fused-ring (bicyclic) bond motifs is 2. The normalized spacial score (nSPS) is 22.2. The zero-order valence-corrected chi connectivity index (χ0v) is 12.8. The second-order valence-corrected chi connectivity index (χ2v) is 6.72. The lowest BCUT2D eigenvalue weighted by molar-refractivity contribution is 0.197. The lowest BCUT2D eigenvalue weighted by Gasteiger charge is -2.39. The molecule has 0 radical (unpaired) electrons. The summed E-state index contributed by atoms with van der Waals surface area (Å²) in [6, 6.07) is 18.2. The predicted octanol–water partition coefficient (Wildman–Crippen LogP) is 1.86. The van der Waals surface area contributed by atoms with E-state index in [4.69, 9.17) is 0 Å². The first kappa shape index (κ1) is 13.2. The molecule has 0 aliphatic carbocycles. The van der Waals surface area contributed by atoms with Crippen LogP contribution in [-0.4, -0.2) is 32.3 Å². The smallest absolute Gasteiger partial charge is 0.193 e. The van der Waals surface area contributed by atoms with Crippen LogP contribution in [0.2, 0.25) is 0 Å². The number of piperidine rings is 1. The van der Waals surface area contributed by atoms with Crippen LogP contribution in [0.25, 0.3) is 0 Å². The first-order valence-corrected chi connectivity index (χ1v) is 8.17. The number of hydrogen-bond acceptors (Lipinski definition) is 1. The minimum atomic E-state index is 0.592. The summed E-state index contributed by atoms with van der Waals surface area (Å²) in [7, 11) is 3.37. The van der Waals surface area contributed by atoms with Crippen LogP contribution in [0.4, 0.5) is 0 Å². The Bertz CT molecular complexity index is 606. The quantitative estimate of drug-likeness (QED) is 0.718. The van der Waals surface area contributed by atoms with Crippen molar-refractivity contribution in [2.45, 2.75) is 18.8 Å². The van der Waals surface area contributed by atoms with Crippen molar-refractivity contribution in [1.29, 1.82) is 0 Å². The van der Waals surface area contributed by atoms with E-state index in [2.05, 4.69) is 60.5 Å². The molecule has 2 aliphatic rings. The zero-order chi connectivity index (χ0) is 14.2. The summed E-state index contributed by atoms with van der Waals surface area (Å²) in [5, 5.41) is 0. The molecule has 0 amide bonds. The summed E-state index contributed by atoms with van der Waals surface area (Å²) in [6.07, 6.45) is 2.69. The van der Waals surface area contributed by atoms with E-state index >= 15 is 0 Å². The minimum absolute atomic E-state index is 0.592. The van der Waals surface area contributed by atoms with E-state index in [1.54, 1.807) is 11.1 Å². The number of likely N-dealkylation sites (tertiary alicyclic amines) is 1. The maximum atomic E-state index is 2.51. The van der Waals surface area contributed by atoms with Crippen LogP contribution in [0.3, 0.4) is 0 Å². The highest BCUT2D eigenvalue weighted by Gasteiger charge is 2.33. The lowest BCUT2D eigenvalue weighted by Crippen LogP contribution is -2.44. The van der Waals surface area contributed by atoms with Gasteiger partial charge in [0.05, 0.1) is 0 Å². The summed E-state index contributed by atoms with van der Waals surface area (Å²) in [4.78, 5) is 2.51. The van der Waals surface area contributed by atoms with Crippen molar-refractivity contribution in [1.82, 2.24) is 4.90 Å². The first-order valence-electron chi connectivity index (χ1n) is 8.17. The van der Waals surface area contributed by atoms with Crippen molar-refractivity contribution in [2.24, 2.45) is 5.92 Å². The van der Waals surface area contributed by atoms with E-state index in [1.807, 2.05) is 0 Å². The summed E-state index contributed by atoms with van der Waals surface area (Å²) >= 11 is 0. The predicted molar refractivity (Wildman–Crippen MR) is 91.4 cm³/mol. The van der Waals surface area contributed by atoms with Gasteiger partial charge in [0.2, 0.25) is 0 Å². The highest BCUT2D eigenvalue weighted by Crippen LogP contribution is 2.36. The second-order valence-electron chi connectivity index (χ2n) is 6.72. The van der Waals surface area contributed by atoms with Crippen LogP contribution in [0.15, 0.2) is 48.5 Å². The van der Waals surface area contributed by atoms with Gasteiger partial charge in [0.1, 0.15) is 0 Å². The van der Waals surface area contributed by atoms with Crippen LogP contribution >= 0.6 is 0 Å². The molecular weight excluding hydrogens is 253 g/mol. The fourth-order valence-corrected chi connectivity index (χ4v) is 4.36. The van der Waals surface area contributed by atoms with Gasteiger partial charge in [-0.05, 0) is 43.5 Å². The average molecular weight is 275 g/mol. The third kappa shape index (κ3) is 2.32. The minimum Gasteiger partial charge on any atom is -0.306 e. The van der Waals surface area contributed by atoms with E-state index < -0.39 is 0 Å².